The van der Waals surface area contributed by atoms with Crippen LogP contribution in [-0.2, 0) is 0 Å². The van der Waals surface area contributed by atoms with Gasteiger partial charge in [0, 0.05) is 7.11 Å². The highest BCUT2D eigenvalue weighted by atomic mass is 16.2. The van der Waals surface area contributed by atoms with Gasteiger partial charge in [0.1, 0.15) is 0 Å². The predicted molar refractivity (Wildman–Crippen MR) is 111 cm³/mol. The van der Waals surface area contributed by atoms with Gasteiger partial charge in [0.05, 0.1) is 0 Å². The number of aliphatic hydroxyl groups excluding tert-OH is 1. The molecule has 0 amide bonds. The lowest BCUT2D eigenvalue weighted by Gasteiger charge is -1.69. The van der Waals surface area contributed by atoms with Gasteiger partial charge in [-0.15, -0.1) is 0 Å². The Hall–Kier alpha value is -1.60. The topological polar surface area (TPSA) is 20.2 Å². The van der Waals surface area contributed by atoms with E-state index < -0.39 is 0 Å². The molecule has 0 unspecified atom stereocenters. The SMILES string of the molecule is CC.CC.CC.CCC.CO.c1ccccc1.c1ccccc1. The van der Waals surface area contributed by atoms with Crippen molar-refractivity contribution in [2.24, 2.45) is 0 Å². The minimum atomic E-state index is 1.00. The van der Waals surface area contributed by atoms with E-state index in [-0.39, 0.29) is 0 Å². The molecule has 2 rings (SSSR count). The van der Waals surface area contributed by atoms with Gasteiger partial charge in [0.15, 0.2) is 0 Å². The van der Waals surface area contributed by atoms with Crippen molar-refractivity contribution in [1.29, 1.82) is 0 Å². The molecule has 0 radical (unpaired) electrons. The van der Waals surface area contributed by atoms with E-state index in [0.717, 1.165) is 7.11 Å². The van der Waals surface area contributed by atoms with Gasteiger partial charge in [-0.3, -0.25) is 0 Å². The molecule has 0 fully saturated rings. The third kappa shape index (κ3) is 63.9. The average Bonchev–Trinajstić information content (AvgIpc) is 2.72. The monoisotopic (exact) mass is 322 g/mol. The van der Waals surface area contributed by atoms with Crippen molar-refractivity contribution in [3.63, 3.8) is 0 Å². The number of aliphatic hydroxyl groups is 1. The van der Waals surface area contributed by atoms with Crippen LogP contribution >= 0.6 is 0 Å². The van der Waals surface area contributed by atoms with Crippen LogP contribution in [0.4, 0.5) is 0 Å². The summed E-state index contributed by atoms with van der Waals surface area (Å²) in [5.74, 6) is 0. The lowest BCUT2D eigenvalue weighted by Crippen LogP contribution is -1.47. The zero-order valence-electron chi connectivity index (χ0n) is 17.1. The van der Waals surface area contributed by atoms with E-state index in [1.165, 1.54) is 6.42 Å². The van der Waals surface area contributed by atoms with E-state index in [4.69, 9.17) is 5.11 Å². The quantitative estimate of drug-likeness (QED) is 0.533. The van der Waals surface area contributed by atoms with Crippen LogP contribution < -0.4 is 0 Å². The van der Waals surface area contributed by atoms with Crippen LogP contribution in [0.1, 0.15) is 61.8 Å². The molecule has 0 atom stereocenters. The second-order valence-corrected chi connectivity index (χ2v) is 3.02. The molecule has 1 heteroatoms. The van der Waals surface area contributed by atoms with Crippen molar-refractivity contribution >= 4 is 0 Å². The lowest BCUT2D eigenvalue weighted by atomic mass is 10.4. The summed E-state index contributed by atoms with van der Waals surface area (Å²) in [7, 11) is 1.00. The highest BCUT2D eigenvalue weighted by molar-refractivity contribution is 4.99. The molecule has 23 heavy (non-hydrogen) atoms. The number of hydrogen-bond donors (Lipinski definition) is 1. The maximum atomic E-state index is 7.00. The van der Waals surface area contributed by atoms with Gasteiger partial charge >= 0.3 is 0 Å². The van der Waals surface area contributed by atoms with Gasteiger partial charge in [-0.2, -0.15) is 0 Å². The number of hydrogen-bond acceptors (Lipinski definition) is 1. The fraction of sp³-hybridized carbons (Fsp3) is 0.455. The predicted octanol–water partition coefficient (Wildman–Crippen LogP) is 7.48. The molecule has 0 saturated carbocycles. The van der Waals surface area contributed by atoms with Gasteiger partial charge in [-0.25, -0.2) is 0 Å². The van der Waals surface area contributed by atoms with Crippen LogP contribution in [0.25, 0.3) is 0 Å². The lowest BCUT2D eigenvalue weighted by molar-refractivity contribution is 0.399. The Morgan fingerprint density at radius 1 is 0.391 bits per heavy atom. The Bertz CT molecular complexity index is 194. The first kappa shape index (κ1) is 33.1. The summed E-state index contributed by atoms with van der Waals surface area (Å²) in [6.45, 7) is 16.2. The molecular weight excluding hydrogens is 280 g/mol. The summed E-state index contributed by atoms with van der Waals surface area (Å²) in [6, 6.07) is 24.0. The summed E-state index contributed by atoms with van der Waals surface area (Å²) in [5, 5.41) is 7.00. The van der Waals surface area contributed by atoms with E-state index in [2.05, 4.69) is 13.8 Å². The third-order valence-corrected chi connectivity index (χ3v) is 1.33. The Labute approximate surface area is 147 Å². The normalized spacial score (nSPS) is 6.00. The van der Waals surface area contributed by atoms with Crippen molar-refractivity contribution in [1.82, 2.24) is 0 Å². The summed E-state index contributed by atoms with van der Waals surface area (Å²) >= 11 is 0. The summed E-state index contributed by atoms with van der Waals surface area (Å²) in [6.07, 6.45) is 1.25. The third-order valence-electron chi connectivity index (χ3n) is 1.33. The van der Waals surface area contributed by atoms with Crippen molar-refractivity contribution < 1.29 is 5.11 Å². The summed E-state index contributed by atoms with van der Waals surface area (Å²) in [4.78, 5) is 0. The molecular formula is C22H42O. The van der Waals surface area contributed by atoms with E-state index in [0.29, 0.717) is 0 Å². The molecule has 0 bridgehead atoms. The van der Waals surface area contributed by atoms with Crippen LogP contribution in [0.5, 0.6) is 0 Å². The molecule has 1 nitrogen and oxygen atoms in total. The first-order chi connectivity index (χ1) is 11.4. The van der Waals surface area contributed by atoms with Gasteiger partial charge in [0.25, 0.3) is 0 Å². The van der Waals surface area contributed by atoms with Crippen LogP contribution in [0.2, 0.25) is 0 Å². The number of rotatable bonds is 0. The minimum Gasteiger partial charge on any atom is -0.400 e. The Balaban J connectivity index is -0.0000000598. The fourth-order valence-corrected chi connectivity index (χ4v) is 0.770. The molecule has 0 heterocycles. The van der Waals surface area contributed by atoms with Crippen molar-refractivity contribution in [2.45, 2.75) is 61.8 Å². The van der Waals surface area contributed by atoms with Gasteiger partial charge < -0.3 is 5.11 Å². The van der Waals surface area contributed by atoms with E-state index in [1.807, 2.05) is 114 Å². The molecule has 0 spiro atoms. The largest absolute Gasteiger partial charge is 0.400 e. The summed E-state index contributed by atoms with van der Waals surface area (Å²) in [5.41, 5.74) is 0. The number of benzene rings is 2. The fourth-order valence-electron chi connectivity index (χ4n) is 0.770. The van der Waals surface area contributed by atoms with Gasteiger partial charge in [0.2, 0.25) is 0 Å². The first-order valence-corrected chi connectivity index (χ1v) is 8.86. The second kappa shape index (κ2) is 59.1. The van der Waals surface area contributed by atoms with Crippen LogP contribution in [0.3, 0.4) is 0 Å². The molecule has 2 aromatic rings. The van der Waals surface area contributed by atoms with Gasteiger partial charge in [-0.05, 0) is 0 Å². The van der Waals surface area contributed by atoms with Crippen molar-refractivity contribution in [3.05, 3.63) is 72.8 Å². The van der Waals surface area contributed by atoms with Gasteiger partial charge in [-0.1, -0.05) is 135 Å². The highest BCUT2D eigenvalue weighted by Crippen LogP contribution is 1.80. The minimum absolute atomic E-state index is 1.00. The molecule has 0 aliphatic heterocycles. The van der Waals surface area contributed by atoms with Crippen LogP contribution in [0, 0.1) is 0 Å². The zero-order chi connectivity index (χ0) is 19.2. The summed E-state index contributed by atoms with van der Waals surface area (Å²) < 4.78 is 0. The Morgan fingerprint density at radius 2 is 0.435 bits per heavy atom. The first-order valence-electron chi connectivity index (χ1n) is 8.86. The van der Waals surface area contributed by atoms with Crippen molar-refractivity contribution in [3.8, 4) is 0 Å². The maximum Gasteiger partial charge on any atom is 0.0319 e. The zero-order valence-corrected chi connectivity index (χ0v) is 17.1. The smallest absolute Gasteiger partial charge is 0.0319 e. The van der Waals surface area contributed by atoms with Crippen LogP contribution in [0.15, 0.2) is 72.8 Å². The molecule has 136 valence electrons. The molecule has 1 N–H and O–H groups in total. The van der Waals surface area contributed by atoms with E-state index in [9.17, 15) is 0 Å². The van der Waals surface area contributed by atoms with Crippen LogP contribution in [-0.4, -0.2) is 12.2 Å². The Kier molecular flexibility index (Phi) is 85.1. The molecule has 0 aliphatic rings. The molecule has 0 aromatic heterocycles. The van der Waals surface area contributed by atoms with E-state index >= 15 is 0 Å². The maximum absolute atomic E-state index is 7.00. The highest BCUT2D eigenvalue weighted by Gasteiger charge is 1.58. The molecule has 0 aliphatic carbocycles. The average molecular weight is 323 g/mol. The molecule has 0 saturated heterocycles. The standard InChI is InChI=1S/2C6H6.C3H8.3C2H6.CH4O/c2*1-2-4-6-5-3-1;1-3-2;4*1-2/h2*1-6H;3H2,1-2H3;3*1-2H3;2H,1H3. The van der Waals surface area contributed by atoms with Crippen molar-refractivity contribution in [2.75, 3.05) is 7.11 Å². The molecule has 2 aromatic carbocycles. The Morgan fingerprint density at radius 3 is 0.478 bits per heavy atom. The van der Waals surface area contributed by atoms with E-state index in [1.54, 1.807) is 0 Å². The second-order valence-electron chi connectivity index (χ2n) is 3.02.